The van der Waals surface area contributed by atoms with Crippen LogP contribution in [-0.4, -0.2) is 67.5 Å². The maximum absolute atomic E-state index is 12.8. The Morgan fingerprint density at radius 2 is 1.91 bits per heavy atom. The third-order valence-corrected chi connectivity index (χ3v) is 6.00. The molecule has 0 unspecified atom stereocenters. The van der Waals surface area contributed by atoms with Gasteiger partial charge in [0, 0.05) is 37.1 Å². The average Bonchev–Trinajstić information content (AvgIpc) is 2.80. The van der Waals surface area contributed by atoms with E-state index in [9.17, 15) is 9.59 Å². The summed E-state index contributed by atoms with van der Waals surface area (Å²) in [6, 6.07) is 9.09. The van der Waals surface area contributed by atoms with Crippen LogP contribution in [0.2, 0.25) is 0 Å². The second kappa shape index (κ2) is 10.2. The molecular formula is C24H31N3O5. The zero-order valence-electron chi connectivity index (χ0n) is 18.8. The zero-order chi connectivity index (χ0) is 22.5. The van der Waals surface area contributed by atoms with E-state index in [1.54, 1.807) is 0 Å². The number of hydrogen-bond donors (Lipinski definition) is 1. The van der Waals surface area contributed by atoms with Crippen molar-refractivity contribution < 1.29 is 19.0 Å². The predicted molar refractivity (Wildman–Crippen MR) is 121 cm³/mol. The number of fused-ring (bicyclic) bond motifs is 1. The number of para-hydroxylation sites is 2. The lowest BCUT2D eigenvalue weighted by molar-refractivity contribution is 0.0374. The highest BCUT2D eigenvalue weighted by atomic mass is 16.6. The Labute approximate surface area is 188 Å². The molecule has 1 N–H and O–H groups in total. The number of benzene rings is 1. The van der Waals surface area contributed by atoms with Gasteiger partial charge >= 0.3 is 0 Å². The molecule has 4 rings (SSSR count). The van der Waals surface area contributed by atoms with E-state index in [1.165, 1.54) is 6.07 Å². The van der Waals surface area contributed by atoms with Gasteiger partial charge in [-0.25, -0.2) is 0 Å². The first kappa shape index (κ1) is 22.4. The molecule has 2 aromatic rings. The van der Waals surface area contributed by atoms with Crippen molar-refractivity contribution >= 4 is 5.91 Å². The number of ether oxygens (including phenoxy) is 3. The molecular weight excluding hydrogens is 410 g/mol. The van der Waals surface area contributed by atoms with E-state index in [0.717, 1.165) is 50.7 Å². The maximum Gasteiger partial charge on any atom is 0.257 e. The second-order valence-electron chi connectivity index (χ2n) is 8.28. The minimum Gasteiger partial charge on any atom is -0.486 e. The first-order valence-corrected chi connectivity index (χ1v) is 11.2. The van der Waals surface area contributed by atoms with Crippen LogP contribution in [0.25, 0.3) is 0 Å². The number of aryl methyl sites for hydroxylation is 1. The van der Waals surface area contributed by atoms with Crippen LogP contribution in [-0.2, 0) is 11.3 Å². The molecule has 172 valence electrons. The van der Waals surface area contributed by atoms with Crippen LogP contribution < -0.4 is 20.2 Å². The van der Waals surface area contributed by atoms with Gasteiger partial charge in [0.15, 0.2) is 23.0 Å². The number of hydrogen-bond acceptors (Lipinski definition) is 6. The predicted octanol–water partition coefficient (Wildman–Crippen LogP) is 1.76. The minimum atomic E-state index is -0.325. The summed E-state index contributed by atoms with van der Waals surface area (Å²) in [4.78, 5) is 27.8. The van der Waals surface area contributed by atoms with Crippen LogP contribution in [0.15, 0.2) is 35.1 Å². The number of amides is 1. The van der Waals surface area contributed by atoms with Crippen molar-refractivity contribution in [2.75, 3.05) is 46.0 Å². The molecule has 0 spiro atoms. The molecule has 3 heterocycles. The van der Waals surface area contributed by atoms with Gasteiger partial charge in [0.1, 0.15) is 12.2 Å². The third-order valence-electron chi connectivity index (χ3n) is 6.00. The van der Waals surface area contributed by atoms with Gasteiger partial charge in [-0.15, -0.1) is 0 Å². The summed E-state index contributed by atoms with van der Waals surface area (Å²) in [6.07, 6.45) is 0.617. The molecule has 2 aliphatic heterocycles. The van der Waals surface area contributed by atoms with Gasteiger partial charge in [0.2, 0.25) is 0 Å². The summed E-state index contributed by atoms with van der Waals surface area (Å²) in [5, 5.41) is 2.92. The summed E-state index contributed by atoms with van der Waals surface area (Å²) in [5.41, 5.74) is 1.37. The molecule has 0 aliphatic carbocycles. The molecule has 0 radical (unpaired) electrons. The highest BCUT2D eigenvalue weighted by Crippen LogP contribution is 2.31. The van der Waals surface area contributed by atoms with Gasteiger partial charge in [-0.05, 0) is 38.9 Å². The fourth-order valence-corrected chi connectivity index (χ4v) is 4.25. The Bertz CT molecular complexity index is 1010. The molecule has 1 amide bonds. The number of rotatable bonds is 7. The molecule has 0 bridgehead atoms. The van der Waals surface area contributed by atoms with Gasteiger partial charge < -0.3 is 24.1 Å². The van der Waals surface area contributed by atoms with E-state index in [4.69, 9.17) is 14.2 Å². The quantitative estimate of drug-likeness (QED) is 0.660. The van der Waals surface area contributed by atoms with E-state index in [-0.39, 0.29) is 23.0 Å². The standard InChI is InChI=1S/C24H31N3O5/c1-17-14-20(28)23(24(29)25-8-5-9-26-10-12-30-13-11-26)18(2)27(17)15-19-16-31-21-6-3-4-7-22(21)32-19/h3-4,6-7,14,19H,5,8-13,15-16H2,1-2H3,(H,25,29)/t19-/m1/s1. The van der Waals surface area contributed by atoms with Gasteiger partial charge in [0.25, 0.3) is 5.91 Å². The Hall–Kier alpha value is -2.84. The second-order valence-corrected chi connectivity index (χ2v) is 8.28. The SMILES string of the molecule is Cc1cc(=O)c(C(=O)NCCCN2CCOCC2)c(C)n1C[C@@H]1COc2ccccc2O1. The van der Waals surface area contributed by atoms with Gasteiger partial charge in [-0.3, -0.25) is 14.5 Å². The summed E-state index contributed by atoms with van der Waals surface area (Å²) in [5.74, 6) is 1.11. The first-order chi connectivity index (χ1) is 15.5. The van der Waals surface area contributed by atoms with E-state index < -0.39 is 0 Å². The number of nitrogens with one attached hydrogen (secondary N) is 1. The Morgan fingerprint density at radius 1 is 1.16 bits per heavy atom. The summed E-state index contributed by atoms with van der Waals surface area (Å²) in [7, 11) is 0. The summed E-state index contributed by atoms with van der Waals surface area (Å²) >= 11 is 0. The minimum absolute atomic E-state index is 0.194. The molecule has 1 aromatic carbocycles. The van der Waals surface area contributed by atoms with Crippen LogP contribution in [0, 0.1) is 13.8 Å². The highest BCUT2D eigenvalue weighted by Gasteiger charge is 2.24. The van der Waals surface area contributed by atoms with Crippen molar-refractivity contribution in [2.24, 2.45) is 0 Å². The van der Waals surface area contributed by atoms with Gasteiger partial charge in [-0.2, -0.15) is 0 Å². The van der Waals surface area contributed by atoms with E-state index in [1.807, 2.05) is 42.7 Å². The normalized spacial score (nSPS) is 18.4. The lowest BCUT2D eigenvalue weighted by atomic mass is 10.1. The third kappa shape index (κ3) is 5.14. The Balaban J connectivity index is 1.40. The smallest absolute Gasteiger partial charge is 0.257 e. The van der Waals surface area contributed by atoms with Gasteiger partial charge in [-0.1, -0.05) is 12.1 Å². The van der Waals surface area contributed by atoms with Crippen molar-refractivity contribution in [2.45, 2.75) is 32.9 Å². The average molecular weight is 442 g/mol. The fraction of sp³-hybridized carbons (Fsp3) is 0.500. The molecule has 1 aromatic heterocycles. The Morgan fingerprint density at radius 3 is 2.69 bits per heavy atom. The lowest BCUT2D eigenvalue weighted by Crippen LogP contribution is -2.39. The van der Waals surface area contributed by atoms with Crippen LogP contribution >= 0.6 is 0 Å². The number of carbonyl (C=O) groups excluding carboxylic acids is 1. The number of pyridine rings is 1. The largest absolute Gasteiger partial charge is 0.486 e. The van der Waals surface area contributed by atoms with Gasteiger partial charge in [0.05, 0.1) is 19.8 Å². The molecule has 1 fully saturated rings. The zero-order valence-corrected chi connectivity index (χ0v) is 18.8. The molecule has 8 nitrogen and oxygen atoms in total. The first-order valence-electron chi connectivity index (χ1n) is 11.2. The monoisotopic (exact) mass is 441 g/mol. The van der Waals surface area contributed by atoms with Crippen LogP contribution in [0.4, 0.5) is 0 Å². The van der Waals surface area contributed by atoms with Crippen molar-refractivity contribution in [1.29, 1.82) is 0 Å². The number of nitrogens with zero attached hydrogens (tertiary/aromatic N) is 2. The number of morpholine rings is 1. The molecule has 0 saturated carbocycles. The summed E-state index contributed by atoms with van der Waals surface area (Å²) < 4.78 is 19.2. The van der Waals surface area contributed by atoms with Crippen molar-refractivity contribution in [3.05, 3.63) is 57.5 Å². The number of aromatic nitrogens is 1. The van der Waals surface area contributed by atoms with Crippen molar-refractivity contribution in [1.82, 2.24) is 14.8 Å². The van der Waals surface area contributed by atoms with Crippen molar-refractivity contribution in [3.63, 3.8) is 0 Å². The summed E-state index contributed by atoms with van der Waals surface area (Å²) in [6.45, 7) is 9.38. The van der Waals surface area contributed by atoms with Crippen LogP contribution in [0.3, 0.4) is 0 Å². The van der Waals surface area contributed by atoms with Crippen LogP contribution in [0.5, 0.6) is 11.5 Å². The fourth-order valence-electron chi connectivity index (χ4n) is 4.25. The number of carbonyl (C=O) groups is 1. The molecule has 1 saturated heterocycles. The highest BCUT2D eigenvalue weighted by molar-refractivity contribution is 5.95. The van der Waals surface area contributed by atoms with E-state index in [2.05, 4.69) is 10.2 Å². The molecule has 8 heteroatoms. The van der Waals surface area contributed by atoms with E-state index >= 15 is 0 Å². The molecule has 32 heavy (non-hydrogen) atoms. The lowest BCUT2D eigenvalue weighted by Gasteiger charge is -2.29. The topological polar surface area (TPSA) is 82.0 Å². The molecule has 2 aliphatic rings. The van der Waals surface area contributed by atoms with E-state index in [0.29, 0.717) is 31.1 Å². The van der Waals surface area contributed by atoms with Crippen LogP contribution in [0.1, 0.15) is 28.2 Å². The Kier molecular flexibility index (Phi) is 7.12. The molecule has 1 atom stereocenters. The maximum atomic E-state index is 12.8. The van der Waals surface area contributed by atoms with Crippen molar-refractivity contribution in [3.8, 4) is 11.5 Å².